The number of rotatable bonds is 5. The average molecular weight is 302 g/mol. The molecular weight excluding hydrogens is 288 g/mol. The molecule has 98 valence electrons. The summed E-state index contributed by atoms with van der Waals surface area (Å²) in [6.07, 6.45) is 2.47. The Morgan fingerprint density at radius 1 is 1.28 bits per heavy atom. The molecule has 2 heterocycles. The Balaban J connectivity index is 1.93. The molecule has 0 aliphatic rings. The summed E-state index contributed by atoms with van der Waals surface area (Å²) in [5, 5.41) is 1.00. The predicted molar refractivity (Wildman–Crippen MR) is 74.8 cm³/mol. The molecule has 2 rings (SSSR count). The number of thiazole rings is 1. The summed E-state index contributed by atoms with van der Waals surface area (Å²) in [6.45, 7) is 4.23. The summed E-state index contributed by atoms with van der Waals surface area (Å²) in [4.78, 5) is 6.23. The zero-order valence-electron chi connectivity index (χ0n) is 10.1. The first-order valence-electron chi connectivity index (χ1n) is 5.45. The maximum absolute atomic E-state index is 11.9. The summed E-state index contributed by atoms with van der Waals surface area (Å²) >= 11 is 2.88. The minimum Gasteiger partial charge on any atom is -0.250 e. The van der Waals surface area contributed by atoms with E-state index in [1.807, 2.05) is 19.9 Å². The lowest BCUT2D eigenvalue weighted by atomic mass is 10.4. The van der Waals surface area contributed by atoms with Crippen molar-refractivity contribution in [2.75, 3.05) is 6.54 Å². The normalized spacial score (nSPS) is 11.9. The quantitative estimate of drug-likeness (QED) is 0.922. The highest BCUT2D eigenvalue weighted by Gasteiger charge is 2.15. The Kier molecular flexibility index (Phi) is 4.16. The topological polar surface area (TPSA) is 59.1 Å². The van der Waals surface area contributed by atoms with E-state index in [1.165, 1.54) is 11.3 Å². The third kappa shape index (κ3) is 3.38. The molecule has 0 radical (unpaired) electrons. The minimum absolute atomic E-state index is 0.375. The molecule has 0 saturated heterocycles. The highest BCUT2D eigenvalue weighted by atomic mass is 32.2. The monoisotopic (exact) mass is 302 g/mol. The first-order valence-corrected chi connectivity index (χ1v) is 8.56. The van der Waals surface area contributed by atoms with Crippen molar-refractivity contribution < 1.29 is 8.42 Å². The largest absolute Gasteiger partial charge is 0.250 e. The maximum Gasteiger partial charge on any atom is 0.250 e. The molecule has 18 heavy (non-hydrogen) atoms. The maximum atomic E-state index is 11.9. The minimum atomic E-state index is -3.35. The predicted octanol–water partition coefficient (Wildman–Crippen LogP) is 2.34. The lowest BCUT2D eigenvalue weighted by Crippen LogP contribution is -2.25. The number of sulfonamides is 1. The Morgan fingerprint density at radius 2 is 2.06 bits per heavy atom. The summed E-state index contributed by atoms with van der Waals surface area (Å²) < 4.78 is 26.8. The summed E-state index contributed by atoms with van der Waals surface area (Å²) in [7, 11) is -3.35. The fraction of sp³-hybridized carbons (Fsp3) is 0.364. The third-order valence-electron chi connectivity index (χ3n) is 2.31. The van der Waals surface area contributed by atoms with E-state index in [0.717, 1.165) is 14.8 Å². The van der Waals surface area contributed by atoms with E-state index in [-0.39, 0.29) is 0 Å². The average Bonchev–Trinajstić information content (AvgIpc) is 2.88. The molecule has 0 saturated carbocycles. The van der Waals surface area contributed by atoms with Crippen LogP contribution < -0.4 is 4.72 Å². The number of thiophene rings is 1. The van der Waals surface area contributed by atoms with Crippen molar-refractivity contribution in [1.29, 1.82) is 0 Å². The summed E-state index contributed by atoms with van der Waals surface area (Å²) in [6, 6.07) is 3.45. The van der Waals surface area contributed by atoms with Gasteiger partial charge in [-0.05, 0) is 32.4 Å². The highest BCUT2D eigenvalue weighted by Crippen LogP contribution is 2.20. The van der Waals surface area contributed by atoms with Crippen molar-refractivity contribution in [1.82, 2.24) is 9.71 Å². The van der Waals surface area contributed by atoms with Gasteiger partial charge < -0.3 is 0 Å². The number of aromatic nitrogens is 1. The molecule has 2 aromatic heterocycles. The van der Waals surface area contributed by atoms with Crippen LogP contribution in [0.25, 0.3) is 0 Å². The van der Waals surface area contributed by atoms with Gasteiger partial charge in [-0.15, -0.1) is 22.7 Å². The molecule has 0 atom stereocenters. The molecule has 0 aromatic carbocycles. The zero-order valence-corrected chi connectivity index (χ0v) is 12.6. The van der Waals surface area contributed by atoms with Gasteiger partial charge in [-0.2, -0.15) is 0 Å². The fourth-order valence-corrected chi connectivity index (χ4v) is 4.61. The van der Waals surface area contributed by atoms with Crippen molar-refractivity contribution in [3.63, 3.8) is 0 Å². The van der Waals surface area contributed by atoms with Gasteiger partial charge in [-0.25, -0.2) is 18.1 Å². The molecule has 0 aliphatic heterocycles. The molecular formula is C11H14N2O2S3. The van der Waals surface area contributed by atoms with Gasteiger partial charge in [0.1, 0.15) is 4.21 Å². The van der Waals surface area contributed by atoms with Gasteiger partial charge in [0.15, 0.2) is 0 Å². The molecule has 1 N–H and O–H groups in total. The molecule has 0 aliphatic carbocycles. The van der Waals surface area contributed by atoms with Gasteiger partial charge in [0.25, 0.3) is 0 Å². The van der Waals surface area contributed by atoms with E-state index in [4.69, 9.17) is 0 Å². The van der Waals surface area contributed by atoms with Crippen LogP contribution in [0, 0.1) is 13.8 Å². The molecule has 0 amide bonds. The number of nitrogens with one attached hydrogen (secondary N) is 1. The van der Waals surface area contributed by atoms with Crippen molar-refractivity contribution >= 4 is 32.7 Å². The van der Waals surface area contributed by atoms with Crippen LogP contribution in [0.5, 0.6) is 0 Å². The van der Waals surface area contributed by atoms with E-state index < -0.39 is 10.0 Å². The van der Waals surface area contributed by atoms with Crippen LogP contribution in [0.15, 0.2) is 22.5 Å². The van der Waals surface area contributed by atoms with Crippen molar-refractivity contribution in [2.24, 2.45) is 0 Å². The van der Waals surface area contributed by atoms with Crippen LogP contribution >= 0.6 is 22.7 Å². The van der Waals surface area contributed by atoms with Crippen molar-refractivity contribution in [3.8, 4) is 0 Å². The molecule has 4 nitrogen and oxygen atoms in total. The van der Waals surface area contributed by atoms with Gasteiger partial charge in [-0.3, -0.25) is 0 Å². The molecule has 2 aromatic rings. The summed E-state index contributed by atoms with van der Waals surface area (Å²) in [5.74, 6) is 0. The second-order valence-electron chi connectivity index (χ2n) is 3.86. The molecule has 0 bridgehead atoms. The fourth-order valence-electron chi connectivity index (χ4n) is 1.46. The number of aryl methyl sites for hydroxylation is 2. The van der Waals surface area contributed by atoms with E-state index >= 15 is 0 Å². The molecule has 0 unspecified atom stereocenters. The number of hydrogen-bond acceptors (Lipinski definition) is 5. The third-order valence-corrected chi connectivity index (χ3v) is 6.24. The second-order valence-corrected chi connectivity index (χ2v) is 8.46. The smallest absolute Gasteiger partial charge is 0.250 e. The Morgan fingerprint density at radius 3 is 2.61 bits per heavy atom. The molecule has 7 heteroatoms. The van der Waals surface area contributed by atoms with E-state index in [9.17, 15) is 8.42 Å². The van der Waals surface area contributed by atoms with Crippen LogP contribution in [0.2, 0.25) is 0 Å². The van der Waals surface area contributed by atoms with Gasteiger partial charge in [0.05, 0.1) is 5.01 Å². The van der Waals surface area contributed by atoms with Crippen LogP contribution in [0.4, 0.5) is 0 Å². The lowest BCUT2D eigenvalue weighted by molar-refractivity contribution is 0.584. The first-order chi connectivity index (χ1) is 8.47. The van der Waals surface area contributed by atoms with Crippen molar-refractivity contribution in [3.05, 3.63) is 33.1 Å². The lowest BCUT2D eigenvalue weighted by Gasteiger charge is -2.03. The number of nitrogens with zero attached hydrogens (tertiary/aromatic N) is 1. The van der Waals surface area contributed by atoms with E-state index in [2.05, 4.69) is 9.71 Å². The van der Waals surface area contributed by atoms with Crippen LogP contribution in [-0.2, 0) is 16.4 Å². The van der Waals surface area contributed by atoms with Gasteiger partial charge in [0.2, 0.25) is 10.0 Å². The first kappa shape index (κ1) is 13.7. The summed E-state index contributed by atoms with van der Waals surface area (Å²) in [5.41, 5.74) is 0. The van der Waals surface area contributed by atoms with Crippen molar-refractivity contribution in [2.45, 2.75) is 24.5 Å². The Labute approximate surface area is 115 Å². The van der Waals surface area contributed by atoms with E-state index in [1.54, 1.807) is 23.6 Å². The zero-order chi connectivity index (χ0) is 13.2. The van der Waals surface area contributed by atoms with Crippen LogP contribution in [0.3, 0.4) is 0 Å². The molecule has 0 fully saturated rings. The second kappa shape index (κ2) is 5.48. The van der Waals surface area contributed by atoms with Gasteiger partial charge in [-0.1, -0.05) is 0 Å². The highest BCUT2D eigenvalue weighted by molar-refractivity contribution is 7.91. The Hall–Kier alpha value is -0.760. The Bertz CT molecular complexity index is 628. The van der Waals surface area contributed by atoms with Crippen LogP contribution in [0.1, 0.15) is 14.8 Å². The van der Waals surface area contributed by atoms with E-state index in [0.29, 0.717) is 17.2 Å². The van der Waals surface area contributed by atoms with Gasteiger partial charge in [0, 0.05) is 22.5 Å². The molecule has 0 spiro atoms. The van der Waals surface area contributed by atoms with Gasteiger partial charge >= 0.3 is 0 Å². The number of hydrogen-bond donors (Lipinski definition) is 1. The SMILES string of the molecule is Cc1ccc(S(=O)(=O)NCCc2cnc(C)s2)s1. The standard InChI is InChI=1S/C11H14N2O2S3/c1-8-3-4-11(16-8)18(14,15)13-6-5-10-7-12-9(2)17-10/h3-4,7,13H,5-6H2,1-2H3. The van der Waals surface area contributed by atoms with Crippen LogP contribution in [-0.4, -0.2) is 19.9 Å².